The van der Waals surface area contributed by atoms with Gasteiger partial charge >= 0.3 is 0 Å². The van der Waals surface area contributed by atoms with Crippen LogP contribution in [0.3, 0.4) is 0 Å². The standard InChI is InChI=1S/C15H23NO3/c1-10(2)9-16-15(18)12(4)19-14-8-6-5-7-13(14)11(3)17/h5-8,10-12,17H,9H2,1-4H3,(H,16,18)/t11-,12?/m1/s1. The van der Waals surface area contributed by atoms with E-state index in [4.69, 9.17) is 4.74 Å². The fourth-order valence-corrected chi connectivity index (χ4v) is 1.63. The molecule has 4 nitrogen and oxygen atoms in total. The average Bonchev–Trinajstić information content (AvgIpc) is 2.36. The van der Waals surface area contributed by atoms with Gasteiger partial charge in [-0.2, -0.15) is 0 Å². The van der Waals surface area contributed by atoms with E-state index in [0.29, 0.717) is 23.8 Å². The number of ether oxygens (including phenoxy) is 1. The Bertz CT molecular complexity index is 416. The fourth-order valence-electron chi connectivity index (χ4n) is 1.63. The van der Waals surface area contributed by atoms with Crippen LogP contribution >= 0.6 is 0 Å². The minimum absolute atomic E-state index is 0.144. The highest BCUT2D eigenvalue weighted by atomic mass is 16.5. The molecule has 1 rings (SSSR count). The van der Waals surface area contributed by atoms with Crippen LogP contribution in [0.25, 0.3) is 0 Å². The van der Waals surface area contributed by atoms with Crippen molar-refractivity contribution in [2.45, 2.75) is 39.9 Å². The van der Waals surface area contributed by atoms with Crippen molar-refractivity contribution in [2.24, 2.45) is 5.92 Å². The van der Waals surface area contributed by atoms with Gasteiger partial charge < -0.3 is 15.2 Å². The third kappa shape index (κ3) is 4.91. The summed E-state index contributed by atoms with van der Waals surface area (Å²) in [4.78, 5) is 11.8. The molecule has 0 fully saturated rings. The molecule has 0 aromatic heterocycles. The third-order valence-corrected chi connectivity index (χ3v) is 2.73. The second kappa shape index (κ2) is 7.14. The summed E-state index contributed by atoms with van der Waals surface area (Å²) in [6.07, 6.45) is -1.21. The lowest BCUT2D eigenvalue weighted by atomic mass is 10.1. The van der Waals surface area contributed by atoms with Crippen LogP contribution in [0.5, 0.6) is 5.75 Å². The summed E-state index contributed by atoms with van der Waals surface area (Å²) in [7, 11) is 0. The van der Waals surface area contributed by atoms with Gasteiger partial charge in [0.05, 0.1) is 6.10 Å². The van der Waals surface area contributed by atoms with Gasteiger partial charge in [0.25, 0.3) is 5.91 Å². The summed E-state index contributed by atoms with van der Waals surface area (Å²) in [6, 6.07) is 7.20. The Morgan fingerprint density at radius 3 is 2.47 bits per heavy atom. The fraction of sp³-hybridized carbons (Fsp3) is 0.533. The summed E-state index contributed by atoms with van der Waals surface area (Å²) >= 11 is 0. The highest BCUT2D eigenvalue weighted by Crippen LogP contribution is 2.25. The van der Waals surface area contributed by atoms with Crippen molar-refractivity contribution >= 4 is 5.91 Å². The van der Waals surface area contributed by atoms with Gasteiger partial charge in [0.15, 0.2) is 6.10 Å². The van der Waals surface area contributed by atoms with Gasteiger partial charge in [0.2, 0.25) is 0 Å². The lowest BCUT2D eigenvalue weighted by molar-refractivity contribution is -0.127. The number of hydrogen-bond donors (Lipinski definition) is 2. The Morgan fingerprint density at radius 1 is 1.26 bits per heavy atom. The predicted octanol–water partition coefficient (Wildman–Crippen LogP) is 2.28. The molecule has 1 unspecified atom stereocenters. The summed E-state index contributed by atoms with van der Waals surface area (Å²) in [5.74, 6) is 0.805. The summed E-state index contributed by atoms with van der Waals surface area (Å²) < 4.78 is 5.63. The summed E-state index contributed by atoms with van der Waals surface area (Å²) in [6.45, 7) is 8.08. The number of carbonyl (C=O) groups excluding carboxylic acids is 1. The molecule has 1 aromatic rings. The zero-order valence-corrected chi connectivity index (χ0v) is 12.0. The SMILES string of the molecule is CC(C)CNC(=O)C(C)Oc1ccccc1[C@@H](C)O. The number of para-hydroxylation sites is 1. The van der Waals surface area contributed by atoms with E-state index in [0.717, 1.165) is 0 Å². The second-order valence-electron chi connectivity index (χ2n) is 5.11. The molecule has 0 aliphatic heterocycles. The number of rotatable bonds is 6. The number of hydrogen-bond acceptors (Lipinski definition) is 3. The van der Waals surface area contributed by atoms with Crippen LogP contribution in [0, 0.1) is 5.92 Å². The van der Waals surface area contributed by atoms with Gasteiger partial charge in [-0.25, -0.2) is 0 Å². The van der Waals surface area contributed by atoms with E-state index in [1.54, 1.807) is 26.0 Å². The molecule has 0 radical (unpaired) electrons. The van der Waals surface area contributed by atoms with E-state index in [1.165, 1.54) is 0 Å². The van der Waals surface area contributed by atoms with Crippen molar-refractivity contribution < 1.29 is 14.6 Å². The number of nitrogens with one attached hydrogen (secondary N) is 1. The van der Waals surface area contributed by atoms with E-state index in [9.17, 15) is 9.90 Å². The Labute approximate surface area is 114 Å². The molecule has 0 spiro atoms. The molecule has 1 aromatic carbocycles. The highest BCUT2D eigenvalue weighted by Gasteiger charge is 2.17. The monoisotopic (exact) mass is 265 g/mol. The van der Waals surface area contributed by atoms with Gasteiger partial charge in [-0.3, -0.25) is 4.79 Å². The minimum atomic E-state index is -0.623. The molecule has 0 saturated carbocycles. The molecule has 4 heteroatoms. The van der Waals surface area contributed by atoms with E-state index < -0.39 is 12.2 Å². The first-order valence-electron chi connectivity index (χ1n) is 6.63. The average molecular weight is 265 g/mol. The molecule has 0 heterocycles. The number of aliphatic hydroxyl groups is 1. The molecule has 0 saturated heterocycles. The highest BCUT2D eigenvalue weighted by molar-refractivity contribution is 5.80. The van der Waals surface area contributed by atoms with Gasteiger partial charge in [-0.15, -0.1) is 0 Å². The lowest BCUT2D eigenvalue weighted by Crippen LogP contribution is -2.38. The molecule has 2 N–H and O–H groups in total. The van der Waals surface area contributed by atoms with Gasteiger partial charge in [0, 0.05) is 12.1 Å². The predicted molar refractivity (Wildman–Crippen MR) is 75.0 cm³/mol. The first-order chi connectivity index (χ1) is 8.91. The van der Waals surface area contributed by atoms with E-state index in [1.807, 2.05) is 26.0 Å². The molecule has 1 amide bonds. The number of amides is 1. The lowest BCUT2D eigenvalue weighted by Gasteiger charge is -2.18. The van der Waals surface area contributed by atoms with Crippen LogP contribution in [0.15, 0.2) is 24.3 Å². The Morgan fingerprint density at radius 2 is 1.89 bits per heavy atom. The van der Waals surface area contributed by atoms with Crippen LogP contribution in [0.2, 0.25) is 0 Å². The molecular weight excluding hydrogens is 242 g/mol. The van der Waals surface area contributed by atoms with Crippen LogP contribution in [-0.2, 0) is 4.79 Å². The van der Waals surface area contributed by atoms with E-state index in [2.05, 4.69) is 5.32 Å². The molecule has 0 aliphatic carbocycles. The van der Waals surface area contributed by atoms with Crippen LogP contribution in [0.1, 0.15) is 39.4 Å². The Balaban J connectivity index is 2.66. The quantitative estimate of drug-likeness (QED) is 0.829. The first kappa shape index (κ1) is 15.5. The molecular formula is C15H23NO3. The van der Waals surface area contributed by atoms with Crippen LogP contribution in [-0.4, -0.2) is 23.7 Å². The van der Waals surface area contributed by atoms with Crippen LogP contribution < -0.4 is 10.1 Å². The van der Waals surface area contributed by atoms with Gasteiger partial charge in [-0.1, -0.05) is 32.0 Å². The largest absolute Gasteiger partial charge is 0.481 e. The maximum Gasteiger partial charge on any atom is 0.260 e. The summed E-state index contributed by atoms with van der Waals surface area (Å²) in [5, 5.41) is 12.5. The van der Waals surface area contributed by atoms with Crippen molar-refractivity contribution in [2.75, 3.05) is 6.54 Å². The normalized spacial score (nSPS) is 14.0. The first-order valence-corrected chi connectivity index (χ1v) is 6.63. The molecule has 0 aliphatic rings. The smallest absolute Gasteiger partial charge is 0.260 e. The number of aliphatic hydroxyl groups excluding tert-OH is 1. The Kier molecular flexibility index (Phi) is 5.83. The molecule has 2 atom stereocenters. The Hall–Kier alpha value is -1.55. The van der Waals surface area contributed by atoms with Crippen LogP contribution in [0.4, 0.5) is 0 Å². The zero-order chi connectivity index (χ0) is 14.4. The number of carbonyl (C=O) groups is 1. The van der Waals surface area contributed by atoms with Gasteiger partial charge in [-0.05, 0) is 25.8 Å². The minimum Gasteiger partial charge on any atom is -0.481 e. The van der Waals surface area contributed by atoms with Crippen molar-refractivity contribution in [3.63, 3.8) is 0 Å². The van der Waals surface area contributed by atoms with E-state index in [-0.39, 0.29) is 5.91 Å². The molecule has 0 bridgehead atoms. The van der Waals surface area contributed by atoms with Crippen molar-refractivity contribution in [3.8, 4) is 5.75 Å². The third-order valence-electron chi connectivity index (χ3n) is 2.73. The topological polar surface area (TPSA) is 58.6 Å². The van der Waals surface area contributed by atoms with E-state index >= 15 is 0 Å². The molecule has 106 valence electrons. The second-order valence-corrected chi connectivity index (χ2v) is 5.11. The van der Waals surface area contributed by atoms with Gasteiger partial charge in [0.1, 0.15) is 5.75 Å². The maximum atomic E-state index is 11.8. The number of benzene rings is 1. The van der Waals surface area contributed by atoms with Crippen molar-refractivity contribution in [3.05, 3.63) is 29.8 Å². The zero-order valence-electron chi connectivity index (χ0n) is 12.0. The molecule has 19 heavy (non-hydrogen) atoms. The summed E-state index contributed by atoms with van der Waals surface area (Å²) in [5.41, 5.74) is 0.686. The van der Waals surface area contributed by atoms with Crippen molar-refractivity contribution in [1.82, 2.24) is 5.32 Å². The maximum absolute atomic E-state index is 11.8. The van der Waals surface area contributed by atoms with Crippen molar-refractivity contribution in [1.29, 1.82) is 0 Å².